The molecule has 1 unspecified atom stereocenters. The number of rotatable bonds is 1. The summed E-state index contributed by atoms with van der Waals surface area (Å²) in [5, 5.41) is 13.2. The molecule has 0 saturated heterocycles. The molecule has 2 heteroatoms. The fourth-order valence-electron chi connectivity index (χ4n) is 2.21. The first-order valence-corrected chi connectivity index (χ1v) is 5.24. The van der Waals surface area contributed by atoms with Crippen LogP contribution >= 0.6 is 0 Å². The predicted octanol–water partition coefficient (Wildman–Crippen LogP) is 2.24. The summed E-state index contributed by atoms with van der Waals surface area (Å²) < 4.78 is 0. The first-order valence-electron chi connectivity index (χ1n) is 5.24. The average molecular weight is 191 g/mol. The molecule has 0 aromatic heterocycles. The van der Waals surface area contributed by atoms with Crippen LogP contribution in [0, 0.1) is 5.92 Å². The van der Waals surface area contributed by atoms with E-state index in [0.29, 0.717) is 17.7 Å². The van der Waals surface area contributed by atoms with Crippen LogP contribution in [0.25, 0.3) is 0 Å². The van der Waals surface area contributed by atoms with E-state index < -0.39 is 0 Å². The summed E-state index contributed by atoms with van der Waals surface area (Å²) in [5.41, 5.74) is 2.40. The van der Waals surface area contributed by atoms with Crippen LogP contribution < -0.4 is 5.32 Å². The fraction of sp³-hybridized carbons (Fsp3) is 0.500. The lowest BCUT2D eigenvalue weighted by Gasteiger charge is -2.30. The Bertz CT molecular complexity index is 333. The van der Waals surface area contributed by atoms with Gasteiger partial charge in [-0.25, -0.2) is 0 Å². The molecular formula is C12H17NO. The highest BCUT2D eigenvalue weighted by molar-refractivity contribution is 5.42. The maximum Gasteiger partial charge on any atom is 0.119 e. The van der Waals surface area contributed by atoms with Crippen LogP contribution in [0.1, 0.15) is 31.0 Å². The summed E-state index contributed by atoms with van der Waals surface area (Å²) in [6.45, 7) is 5.38. The standard InChI is InChI=1S/C12H17NO/c1-8(2)12-10-4-3-5-11(14)9(10)6-7-13-12/h3-5,8,12-14H,6-7H2,1-2H3. The molecule has 0 saturated carbocycles. The van der Waals surface area contributed by atoms with Crippen molar-refractivity contribution in [3.05, 3.63) is 29.3 Å². The van der Waals surface area contributed by atoms with Gasteiger partial charge >= 0.3 is 0 Å². The molecule has 2 rings (SSSR count). The van der Waals surface area contributed by atoms with E-state index in [1.165, 1.54) is 5.56 Å². The molecule has 0 radical (unpaired) electrons. The zero-order chi connectivity index (χ0) is 10.1. The van der Waals surface area contributed by atoms with E-state index in [2.05, 4.69) is 25.2 Å². The molecule has 0 bridgehead atoms. The maximum atomic E-state index is 9.73. The lowest BCUT2D eigenvalue weighted by atomic mass is 9.87. The summed E-state index contributed by atoms with van der Waals surface area (Å²) in [5.74, 6) is 1.02. The van der Waals surface area contributed by atoms with Gasteiger partial charge in [0, 0.05) is 6.04 Å². The Balaban J connectivity index is 2.44. The minimum absolute atomic E-state index is 0.394. The highest BCUT2D eigenvalue weighted by atomic mass is 16.3. The molecule has 0 aliphatic carbocycles. The van der Waals surface area contributed by atoms with Crippen LogP contribution in [0.4, 0.5) is 0 Å². The lowest BCUT2D eigenvalue weighted by molar-refractivity contribution is 0.385. The third kappa shape index (κ3) is 1.50. The van der Waals surface area contributed by atoms with E-state index >= 15 is 0 Å². The van der Waals surface area contributed by atoms with Crippen LogP contribution in [0.15, 0.2) is 18.2 Å². The van der Waals surface area contributed by atoms with E-state index in [1.807, 2.05) is 6.07 Å². The average Bonchev–Trinajstić information content (AvgIpc) is 2.17. The Morgan fingerprint density at radius 3 is 2.93 bits per heavy atom. The summed E-state index contributed by atoms with van der Waals surface area (Å²) in [6.07, 6.45) is 0.936. The van der Waals surface area contributed by atoms with Gasteiger partial charge in [0.15, 0.2) is 0 Å². The molecule has 1 aliphatic rings. The van der Waals surface area contributed by atoms with Gasteiger partial charge < -0.3 is 10.4 Å². The summed E-state index contributed by atoms with van der Waals surface area (Å²) in [6, 6.07) is 6.22. The number of phenolic OH excluding ortho intramolecular Hbond substituents is 1. The van der Waals surface area contributed by atoms with Crippen molar-refractivity contribution in [2.75, 3.05) is 6.54 Å². The third-order valence-electron chi connectivity index (χ3n) is 2.93. The van der Waals surface area contributed by atoms with Crippen molar-refractivity contribution in [2.24, 2.45) is 5.92 Å². The largest absolute Gasteiger partial charge is 0.508 e. The van der Waals surface area contributed by atoms with Crippen LogP contribution in [0.2, 0.25) is 0 Å². The van der Waals surface area contributed by atoms with Gasteiger partial charge in [0.25, 0.3) is 0 Å². The van der Waals surface area contributed by atoms with Crippen LogP contribution in [-0.2, 0) is 6.42 Å². The third-order valence-corrected chi connectivity index (χ3v) is 2.93. The monoisotopic (exact) mass is 191 g/mol. The van der Waals surface area contributed by atoms with Gasteiger partial charge in [0.2, 0.25) is 0 Å². The van der Waals surface area contributed by atoms with Gasteiger partial charge in [-0.3, -0.25) is 0 Å². The van der Waals surface area contributed by atoms with Crippen molar-refractivity contribution in [1.29, 1.82) is 0 Å². The van der Waals surface area contributed by atoms with E-state index in [4.69, 9.17) is 0 Å². The SMILES string of the molecule is CC(C)C1NCCc2c(O)cccc21. The summed E-state index contributed by atoms with van der Waals surface area (Å²) in [4.78, 5) is 0. The number of phenols is 1. The molecule has 76 valence electrons. The fourth-order valence-corrected chi connectivity index (χ4v) is 2.21. The van der Waals surface area contributed by atoms with E-state index in [-0.39, 0.29) is 0 Å². The topological polar surface area (TPSA) is 32.3 Å². The number of hydrogen-bond acceptors (Lipinski definition) is 2. The molecule has 0 spiro atoms. The Kier molecular flexibility index (Phi) is 2.46. The molecule has 1 atom stereocenters. The normalized spacial score (nSPS) is 20.9. The molecule has 2 N–H and O–H groups in total. The van der Waals surface area contributed by atoms with Gasteiger partial charge in [0.1, 0.15) is 5.75 Å². The molecule has 0 fully saturated rings. The van der Waals surface area contributed by atoms with Gasteiger partial charge in [-0.05, 0) is 36.1 Å². The van der Waals surface area contributed by atoms with Crippen LogP contribution in [-0.4, -0.2) is 11.7 Å². The van der Waals surface area contributed by atoms with Crippen molar-refractivity contribution < 1.29 is 5.11 Å². The highest BCUT2D eigenvalue weighted by Gasteiger charge is 2.23. The highest BCUT2D eigenvalue weighted by Crippen LogP contribution is 2.32. The first-order chi connectivity index (χ1) is 6.70. The second-order valence-corrected chi connectivity index (χ2v) is 4.27. The quantitative estimate of drug-likeness (QED) is 0.713. The lowest BCUT2D eigenvalue weighted by Crippen LogP contribution is -2.32. The predicted molar refractivity (Wildman–Crippen MR) is 57.4 cm³/mol. The second kappa shape index (κ2) is 3.62. The van der Waals surface area contributed by atoms with Crippen molar-refractivity contribution in [2.45, 2.75) is 26.3 Å². The Labute approximate surface area is 85.0 Å². The zero-order valence-corrected chi connectivity index (χ0v) is 8.75. The number of aromatic hydroxyl groups is 1. The van der Waals surface area contributed by atoms with Gasteiger partial charge in [0.05, 0.1) is 0 Å². The van der Waals surface area contributed by atoms with Crippen LogP contribution in [0.3, 0.4) is 0 Å². The maximum absolute atomic E-state index is 9.73. The van der Waals surface area contributed by atoms with Crippen molar-refractivity contribution in [1.82, 2.24) is 5.32 Å². The number of benzene rings is 1. The van der Waals surface area contributed by atoms with Crippen molar-refractivity contribution >= 4 is 0 Å². The molecule has 1 aromatic rings. The van der Waals surface area contributed by atoms with Crippen LogP contribution in [0.5, 0.6) is 5.75 Å². The van der Waals surface area contributed by atoms with Gasteiger partial charge in [-0.2, -0.15) is 0 Å². The Morgan fingerprint density at radius 1 is 1.43 bits per heavy atom. The smallest absolute Gasteiger partial charge is 0.119 e. The summed E-state index contributed by atoms with van der Waals surface area (Å²) >= 11 is 0. The first kappa shape index (κ1) is 9.53. The molecule has 14 heavy (non-hydrogen) atoms. The summed E-state index contributed by atoms with van der Waals surface area (Å²) in [7, 11) is 0. The minimum Gasteiger partial charge on any atom is -0.508 e. The molecule has 1 aliphatic heterocycles. The van der Waals surface area contributed by atoms with Crippen molar-refractivity contribution in [3.63, 3.8) is 0 Å². The number of hydrogen-bond donors (Lipinski definition) is 2. The van der Waals surface area contributed by atoms with Crippen molar-refractivity contribution in [3.8, 4) is 5.75 Å². The zero-order valence-electron chi connectivity index (χ0n) is 8.75. The molecule has 1 aromatic carbocycles. The minimum atomic E-state index is 0.394. The Hall–Kier alpha value is -1.02. The molecule has 2 nitrogen and oxygen atoms in total. The van der Waals surface area contributed by atoms with Gasteiger partial charge in [-0.1, -0.05) is 26.0 Å². The number of fused-ring (bicyclic) bond motifs is 1. The second-order valence-electron chi connectivity index (χ2n) is 4.27. The molecule has 0 amide bonds. The van der Waals surface area contributed by atoms with E-state index in [0.717, 1.165) is 18.5 Å². The number of nitrogens with one attached hydrogen (secondary N) is 1. The Morgan fingerprint density at radius 2 is 2.21 bits per heavy atom. The molecule has 1 heterocycles. The van der Waals surface area contributed by atoms with Gasteiger partial charge in [-0.15, -0.1) is 0 Å². The van der Waals surface area contributed by atoms with E-state index in [1.54, 1.807) is 6.07 Å². The van der Waals surface area contributed by atoms with E-state index in [9.17, 15) is 5.11 Å². The molecular weight excluding hydrogens is 174 g/mol.